The zero-order valence-corrected chi connectivity index (χ0v) is 13.5. The molecule has 4 heteroatoms. The van der Waals surface area contributed by atoms with Gasteiger partial charge in [0.15, 0.2) is 0 Å². The molecule has 1 heterocycles. The van der Waals surface area contributed by atoms with Crippen LogP contribution in [0, 0.1) is 0 Å². The van der Waals surface area contributed by atoms with Gasteiger partial charge in [-0.15, -0.1) is 0 Å². The third kappa shape index (κ3) is 5.90. The highest BCUT2D eigenvalue weighted by atomic mass is 16.5. The number of ether oxygens (including phenoxy) is 1. The lowest BCUT2D eigenvalue weighted by Crippen LogP contribution is -2.44. The Hall–Kier alpha value is -1.81. The zero-order valence-electron chi connectivity index (χ0n) is 13.5. The largest absolute Gasteiger partial charge is 0.445 e. The molecule has 0 radical (unpaired) electrons. The van der Waals surface area contributed by atoms with Crippen molar-refractivity contribution >= 4 is 6.09 Å². The molecule has 0 spiro atoms. The SMILES string of the molecule is CC(C)=CCN1CCC(NC(=O)OCc2ccccc2)CC1. The minimum atomic E-state index is -0.313. The van der Waals surface area contributed by atoms with Crippen LogP contribution in [0.1, 0.15) is 32.3 Å². The Bertz CT molecular complexity index is 487. The van der Waals surface area contributed by atoms with Crippen LogP contribution >= 0.6 is 0 Å². The second-order valence-corrected chi connectivity index (χ2v) is 6.06. The van der Waals surface area contributed by atoms with E-state index < -0.39 is 0 Å². The van der Waals surface area contributed by atoms with Crippen molar-refractivity contribution in [2.45, 2.75) is 39.3 Å². The molecule has 22 heavy (non-hydrogen) atoms. The predicted octanol–water partition coefficient (Wildman–Crippen LogP) is 3.34. The first-order valence-corrected chi connectivity index (χ1v) is 7.96. The number of carbonyl (C=O) groups is 1. The van der Waals surface area contributed by atoms with Crippen molar-refractivity contribution < 1.29 is 9.53 Å². The van der Waals surface area contributed by atoms with Crippen LogP contribution in [-0.2, 0) is 11.3 Å². The topological polar surface area (TPSA) is 41.6 Å². The fourth-order valence-corrected chi connectivity index (χ4v) is 2.50. The number of rotatable bonds is 5. The van der Waals surface area contributed by atoms with E-state index in [1.807, 2.05) is 30.3 Å². The Morgan fingerprint density at radius 3 is 2.59 bits per heavy atom. The number of nitrogens with zero attached hydrogens (tertiary/aromatic N) is 1. The van der Waals surface area contributed by atoms with Crippen molar-refractivity contribution in [1.82, 2.24) is 10.2 Å². The molecule has 120 valence electrons. The number of likely N-dealkylation sites (tertiary alicyclic amines) is 1. The standard InChI is InChI=1S/C18H26N2O2/c1-15(2)8-11-20-12-9-17(10-13-20)19-18(21)22-14-16-6-4-3-5-7-16/h3-8,17H,9-14H2,1-2H3,(H,19,21). The Morgan fingerprint density at radius 2 is 1.95 bits per heavy atom. The molecule has 1 aliphatic heterocycles. The van der Waals surface area contributed by atoms with Crippen LogP contribution in [0.3, 0.4) is 0 Å². The molecule has 0 bridgehead atoms. The number of hydrogen-bond acceptors (Lipinski definition) is 3. The van der Waals surface area contributed by atoms with E-state index in [4.69, 9.17) is 4.74 Å². The van der Waals surface area contributed by atoms with Gasteiger partial charge in [0, 0.05) is 25.7 Å². The molecular weight excluding hydrogens is 276 g/mol. The molecular formula is C18H26N2O2. The number of piperidine rings is 1. The van der Waals surface area contributed by atoms with Crippen LogP contribution in [0.4, 0.5) is 4.79 Å². The fourth-order valence-electron chi connectivity index (χ4n) is 2.50. The molecule has 1 aromatic carbocycles. The number of carbonyl (C=O) groups excluding carboxylic acids is 1. The highest BCUT2D eigenvalue weighted by molar-refractivity contribution is 5.67. The second kappa shape index (κ2) is 8.59. The van der Waals surface area contributed by atoms with E-state index in [2.05, 4.69) is 30.1 Å². The van der Waals surface area contributed by atoms with Gasteiger partial charge in [-0.05, 0) is 32.3 Å². The van der Waals surface area contributed by atoms with Gasteiger partial charge in [-0.25, -0.2) is 4.79 Å². The summed E-state index contributed by atoms with van der Waals surface area (Å²) in [5, 5.41) is 2.97. The van der Waals surface area contributed by atoms with Gasteiger partial charge in [-0.2, -0.15) is 0 Å². The normalized spacial score (nSPS) is 16.1. The van der Waals surface area contributed by atoms with Gasteiger partial charge < -0.3 is 10.1 Å². The summed E-state index contributed by atoms with van der Waals surface area (Å²) in [5.41, 5.74) is 2.36. The molecule has 1 aliphatic rings. The highest BCUT2D eigenvalue weighted by Gasteiger charge is 2.20. The minimum absolute atomic E-state index is 0.228. The Balaban J connectivity index is 1.65. The predicted molar refractivity (Wildman–Crippen MR) is 88.7 cm³/mol. The van der Waals surface area contributed by atoms with Crippen molar-refractivity contribution in [1.29, 1.82) is 0 Å². The lowest BCUT2D eigenvalue weighted by molar-refractivity contribution is 0.128. The zero-order chi connectivity index (χ0) is 15.8. The maximum absolute atomic E-state index is 11.8. The third-order valence-electron chi connectivity index (χ3n) is 3.88. The first kappa shape index (κ1) is 16.6. The molecule has 0 saturated carbocycles. The van der Waals surface area contributed by atoms with Gasteiger partial charge in [-0.3, -0.25) is 4.90 Å². The highest BCUT2D eigenvalue weighted by Crippen LogP contribution is 2.11. The maximum atomic E-state index is 11.8. The second-order valence-electron chi connectivity index (χ2n) is 6.06. The third-order valence-corrected chi connectivity index (χ3v) is 3.88. The summed E-state index contributed by atoms with van der Waals surface area (Å²) >= 11 is 0. The van der Waals surface area contributed by atoms with Crippen LogP contribution in [0.15, 0.2) is 42.0 Å². The van der Waals surface area contributed by atoms with Gasteiger partial charge in [0.25, 0.3) is 0 Å². The lowest BCUT2D eigenvalue weighted by Gasteiger charge is -2.31. The van der Waals surface area contributed by atoms with Crippen molar-refractivity contribution in [3.05, 3.63) is 47.5 Å². The van der Waals surface area contributed by atoms with E-state index in [1.165, 1.54) is 5.57 Å². The monoisotopic (exact) mass is 302 g/mol. The minimum Gasteiger partial charge on any atom is -0.445 e. The number of benzene rings is 1. The maximum Gasteiger partial charge on any atom is 0.407 e. The molecule has 1 fully saturated rings. The summed E-state index contributed by atoms with van der Waals surface area (Å²) in [4.78, 5) is 14.2. The number of hydrogen-bond donors (Lipinski definition) is 1. The van der Waals surface area contributed by atoms with Crippen molar-refractivity contribution in [2.24, 2.45) is 0 Å². The molecule has 0 aliphatic carbocycles. The molecule has 0 atom stereocenters. The quantitative estimate of drug-likeness (QED) is 0.848. The fraction of sp³-hybridized carbons (Fsp3) is 0.500. The van der Waals surface area contributed by atoms with Crippen molar-refractivity contribution in [3.8, 4) is 0 Å². The Morgan fingerprint density at radius 1 is 1.27 bits per heavy atom. The Labute approximate surface area is 133 Å². The molecule has 0 unspecified atom stereocenters. The number of nitrogens with one attached hydrogen (secondary N) is 1. The summed E-state index contributed by atoms with van der Waals surface area (Å²) in [6.45, 7) is 7.62. The van der Waals surface area contributed by atoms with E-state index in [-0.39, 0.29) is 12.1 Å². The summed E-state index contributed by atoms with van der Waals surface area (Å²) in [5.74, 6) is 0. The first-order valence-electron chi connectivity index (χ1n) is 7.96. The lowest BCUT2D eigenvalue weighted by atomic mass is 10.1. The summed E-state index contributed by atoms with van der Waals surface area (Å²) in [6, 6.07) is 9.97. The van der Waals surface area contributed by atoms with Gasteiger partial charge >= 0.3 is 6.09 Å². The van der Waals surface area contributed by atoms with E-state index in [1.54, 1.807) is 0 Å². The average molecular weight is 302 g/mol. The summed E-state index contributed by atoms with van der Waals surface area (Å²) in [7, 11) is 0. The molecule has 1 saturated heterocycles. The first-order chi connectivity index (χ1) is 10.6. The molecule has 2 rings (SSSR count). The Kier molecular flexibility index (Phi) is 6.46. The van der Waals surface area contributed by atoms with E-state index in [9.17, 15) is 4.79 Å². The van der Waals surface area contributed by atoms with Crippen LogP contribution in [-0.4, -0.2) is 36.7 Å². The van der Waals surface area contributed by atoms with Crippen molar-refractivity contribution in [2.75, 3.05) is 19.6 Å². The number of alkyl carbamates (subject to hydrolysis) is 1. The smallest absolute Gasteiger partial charge is 0.407 e. The van der Waals surface area contributed by atoms with Gasteiger partial charge in [0.2, 0.25) is 0 Å². The van der Waals surface area contributed by atoms with E-state index >= 15 is 0 Å². The van der Waals surface area contributed by atoms with Crippen LogP contribution in [0.25, 0.3) is 0 Å². The summed E-state index contributed by atoms with van der Waals surface area (Å²) in [6.07, 6.45) is 3.90. The number of allylic oxidation sites excluding steroid dienone is 1. The van der Waals surface area contributed by atoms with Crippen molar-refractivity contribution in [3.63, 3.8) is 0 Å². The molecule has 1 N–H and O–H groups in total. The molecule has 4 nitrogen and oxygen atoms in total. The molecule has 0 aromatic heterocycles. The van der Waals surface area contributed by atoms with E-state index in [0.717, 1.165) is 38.0 Å². The average Bonchev–Trinajstić information content (AvgIpc) is 2.53. The molecule has 1 aromatic rings. The van der Waals surface area contributed by atoms with E-state index in [0.29, 0.717) is 6.61 Å². The van der Waals surface area contributed by atoms with Crippen LogP contribution in [0.2, 0.25) is 0 Å². The summed E-state index contributed by atoms with van der Waals surface area (Å²) < 4.78 is 5.26. The van der Waals surface area contributed by atoms with Gasteiger partial charge in [0.1, 0.15) is 6.61 Å². The molecule has 1 amide bonds. The number of amides is 1. The van der Waals surface area contributed by atoms with Crippen LogP contribution < -0.4 is 5.32 Å². The van der Waals surface area contributed by atoms with Gasteiger partial charge in [-0.1, -0.05) is 42.0 Å². The van der Waals surface area contributed by atoms with Crippen LogP contribution in [0.5, 0.6) is 0 Å². The van der Waals surface area contributed by atoms with Gasteiger partial charge in [0.05, 0.1) is 0 Å².